The van der Waals surface area contributed by atoms with Gasteiger partial charge >= 0.3 is 12.1 Å². The first-order valence-corrected chi connectivity index (χ1v) is 11.1. The van der Waals surface area contributed by atoms with E-state index >= 15 is 0 Å². The fourth-order valence-electron chi connectivity index (χ4n) is 4.48. The zero-order valence-corrected chi connectivity index (χ0v) is 18.8. The van der Waals surface area contributed by atoms with E-state index < -0.39 is 29.6 Å². The summed E-state index contributed by atoms with van der Waals surface area (Å²) in [6, 6.07) is 15.3. The minimum absolute atomic E-state index is 0.0745. The topological polar surface area (TPSA) is 108 Å². The van der Waals surface area contributed by atoms with Crippen molar-refractivity contribution in [3.63, 3.8) is 0 Å². The third-order valence-corrected chi connectivity index (χ3v) is 6.23. The average Bonchev–Trinajstić information content (AvgIpc) is 3.43. The molecule has 0 radical (unpaired) electrons. The average molecular weight is 452 g/mol. The second-order valence-corrected chi connectivity index (χ2v) is 9.12. The van der Waals surface area contributed by atoms with E-state index in [0.29, 0.717) is 12.8 Å². The Labute approximate surface area is 192 Å². The molecule has 1 saturated carbocycles. The van der Waals surface area contributed by atoms with Gasteiger partial charge in [-0.25, -0.2) is 4.79 Å². The van der Waals surface area contributed by atoms with Crippen LogP contribution in [0.4, 0.5) is 4.79 Å². The van der Waals surface area contributed by atoms with Gasteiger partial charge in [0.1, 0.15) is 12.6 Å². The molecule has 1 fully saturated rings. The van der Waals surface area contributed by atoms with Crippen molar-refractivity contribution in [2.24, 2.45) is 0 Å². The van der Waals surface area contributed by atoms with E-state index in [9.17, 15) is 14.4 Å². The Balaban J connectivity index is 1.40. The van der Waals surface area contributed by atoms with Crippen LogP contribution in [0, 0.1) is 0 Å². The monoisotopic (exact) mass is 451 g/mol. The SMILES string of the molecule is CN(C)CC(NC(=O)OCC1c2ccccc2-c2ccccc21)C(=O)NC1(CC(=O)O)CC1. The molecule has 0 aliphatic heterocycles. The fraction of sp³-hybridized carbons (Fsp3) is 0.400. The first-order valence-electron chi connectivity index (χ1n) is 11.1. The molecular weight excluding hydrogens is 422 g/mol. The molecule has 0 aromatic heterocycles. The number of carboxylic acid groups (broad SMARTS) is 1. The van der Waals surface area contributed by atoms with Gasteiger partial charge in [-0.1, -0.05) is 48.5 Å². The lowest BCUT2D eigenvalue weighted by atomic mass is 9.98. The number of benzene rings is 2. The van der Waals surface area contributed by atoms with Crippen LogP contribution < -0.4 is 10.6 Å². The summed E-state index contributed by atoms with van der Waals surface area (Å²) in [6.45, 7) is 0.415. The molecule has 0 heterocycles. The fourth-order valence-corrected chi connectivity index (χ4v) is 4.48. The summed E-state index contributed by atoms with van der Waals surface area (Å²) in [5, 5.41) is 14.6. The van der Waals surface area contributed by atoms with Crippen molar-refractivity contribution in [2.75, 3.05) is 27.2 Å². The van der Waals surface area contributed by atoms with Crippen LogP contribution in [-0.2, 0) is 14.3 Å². The highest BCUT2D eigenvalue weighted by Gasteiger charge is 2.46. The number of aliphatic carboxylic acids is 1. The largest absolute Gasteiger partial charge is 0.481 e. The summed E-state index contributed by atoms with van der Waals surface area (Å²) in [7, 11) is 3.59. The van der Waals surface area contributed by atoms with Crippen molar-refractivity contribution in [2.45, 2.75) is 36.8 Å². The Morgan fingerprint density at radius 2 is 1.64 bits per heavy atom. The van der Waals surface area contributed by atoms with E-state index in [-0.39, 0.29) is 25.5 Å². The van der Waals surface area contributed by atoms with Crippen LogP contribution in [0.5, 0.6) is 0 Å². The van der Waals surface area contributed by atoms with Crippen LogP contribution in [0.15, 0.2) is 48.5 Å². The van der Waals surface area contributed by atoms with E-state index in [2.05, 4.69) is 22.8 Å². The molecule has 2 aromatic rings. The van der Waals surface area contributed by atoms with Crippen LogP contribution in [-0.4, -0.2) is 66.8 Å². The van der Waals surface area contributed by atoms with Crippen molar-refractivity contribution in [3.8, 4) is 11.1 Å². The van der Waals surface area contributed by atoms with E-state index in [0.717, 1.165) is 22.3 Å². The predicted molar refractivity (Wildman–Crippen MR) is 123 cm³/mol. The van der Waals surface area contributed by atoms with Gasteiger partial charge in [0.05, 0.1) is 12.0 Å². The number of nitrogens with zero attached hydrogens (tertiary/aromatic N) is 1. The summed E-state index contributed by atoms with van der Waals surface area (Å²) < 4.78 is 5.57. The Kier molecular flexibility index (Phi) is 6.37. The Hall–Kier alpha value is -3.39. The maximum Gasteiger partial charge on any atom is 0.407 e. The number of carbonyl (C=O) groups is 3. The van der Waals surface area contributed by atoms with Crippen LogP contribution in [0.25, 0.3) is 11.1 Å². The molecule has 33 heavy (non-hydrogen) atoms. The smallest absolute Gasteiger partial charge is 0.407 e. The lowest BCUT2D eigenvalue weighted by Crippen LogP contribution is -2.54. The molecule has 0 saturated heterocycles. The highest BCUT2D eigenvalue weighted by atomic mass is 16.5. The quantitative estimate of drug-likeness (QED) is 0.541. The molecule has 8 nitrogen and oxygen atoms in total. The van der Waals surface area contributed by atoms with Gasteiger partial charge in [0.25, 0.3) is 0 Å². The number of alkyl carbamates (subject to hydrolysis) is 1. The zero-order chi connectivity index (χ0) is 23.6. The molecule has 174 valence electrons. The number of amides is 2. The van der Waals surface area contributed by atoms with Gasteiger partial charge in [-0.15, -0.1) is 0 Å². The van der Waals surface area contributed by atoms with Crippen LogP contribution in [0.1, 0.15) is 36.3 Å². The number of ether oxygens (including phenoxy) is 1. The second kappa shape index (κ2) is 9.23. The standard InChI is InChI=1S/C25H29N3O5/c1-28(2)14-21(23(31)27-25(11-12-25)13-22(29)30)26-24(32)33-15-20-18-9-5-3-7-16(18)17-8-4-6-10-19(17)20/h3-10,20-21H,11-15H2,1-2H3,(H,26,32)(H,27,31)(H,29,30). The molecule has 1 atom stereocenters. The van der Waals surface area contributed by atoms with Gasteiger partial charge < -0.3 is 25.4 Å². The van der Waals surface area contributed by atoms with Crippen molar-refractivity contribution < 1.29 is 24.2 Å². The maximum atomic E-state index is 12.8. The number of fused-ring (bicyclic) bond motifs is 3. The molecule has 4 rings (SSSR count). The third kappa shape index (κ3) is 5.17. The van der Waals surface area contributed by atoms with E-state index in [4.69, 9.17) is 9.84 Å². The molecule has 2 amide bonds. The number of hydrogen-bond acceptors (Lipinski definition) is 5. The Bertz CT molecular complexity index is 1020. The molecule has 0 spiro atoms. The number of carboxylic acids is 1. The van der Waals surface area contributed by atoms with Crippen molar-refractivity contribution in [1.29, 1.82) is 0 Å². The van der Waals surface area contributed by atoms with E-state index in [1.165, 1.54) is 0 Å². The minimum Gasteiger partial charge on any atom is -0.481 e. The summed E-state index contributed by atoms with van der Waals surface area (Å²) in [5.41, 5.74) is 3.79. The summed E-state index contributed by atoms with van der Waals surface area (Å²) >= 11 is 0. The zero-order valence-electron chi connectivity index (χ0n) is 18.8. The van der Waals surface area contributed by atoms with Gasteiger partial charge in [-0.05, 0) is 49.2 Å². The molecule has 1 unspecified atom stereocenters. The number of nitrogens with one attached hydrogen (secondary N) is 2. The van der Waals surface area contributed by atoms with Gasteiger partial charge in [0, 0.05) is 12.5 Å². The summed E-state index contributed by atoms with van der Waals surface area (Å²) in [6.07, 6.45) is 0.426. The number of rotatable bonds is 9. The highest BCUT2D eigenvalue weighted by Crippen LogP contribution is 2.44. The Morgan fingerprint density at radius 3 is 2.15 bits per heavy atom. The number of carbonyl (C=O) groups excluding carboxylic acids is 2. The molecular formula is C25H29N3O5. The predicted octanol–water partition coefficient (Wildman–Crippen LogP) is 2.58. The first kappa shape index (κ1) is 22.8. The molecule has 8 heteroatoms. The summed E-state index contributed by atoms with van der Waals surface area (Å²) in [4.78, 5) is 38.4. The van der Waals surface area contributed by atoms with E-state index in [1.807, 2.05) is 36.4 Å². The third-order valence-electron chi connectivity index (χ3n) is 6.23. The minimum atomic E-state index is -0.957. The Morgan fingerprint density at radius 1 is 1.06 bits per heavy atom. The van der Waals surface area contributed by atoms with Crippen molar-refractivity contribution in [1.82, 2.24) is 15.5 Å². The lowest BCUT2D eigenvalue weighted by Gasteiger charge is -2.24. The van der Waals surface area contributed by atoms with Gasteiger partial charge in [-0.3, -0.25) is 9.59 Å². The normalized spacial score (nSPS) is 16.5. The molecule has 0 bridgehead atoms. The van der Waals surface area contributed by atoms with Gasteiger partial charge in [0.2, 0.25) is 5.91 Å². The van der Waals surface area contributed by atoms with Crippen LogP contribution in [0.2, 0.25) is 0 Å². The van der Waals surface area contributed by atoms with Gasteiger partial charge in [0.15, 0.2) is 0 Å². The molecule has 2 aliphatic rings. The maximum absolute atomic E-state index is 12.8. The van der Waals surface area contributed by atoms with Crippen molar-refractivity contribution in [3.05, 3.63) is 59.7 Å². The lowest BCUT2D eigenvalue weighted by molar-refractivity contribution is -0.138. The molecule has 2 aliphatic carbocycles. The first-order chi connectivity index (χ1) is 15.8. The molecule has 2 aromatic carbocycles. The second-order valence-electron chi connectivity index (χ2n) is 9.12. The number of likely N-dealkylation sites (N-methyl/N-ethyl adjacent to an activating group) is 1. The van der Waals surface area contributed by atoms with Crippen LogP contribution >= 0.6 is 0 Å². The number of hydrogen-bond donors (Lipinski definition) is 3. The molecule has 3 N–H and O–H groups in total. The van der Waals surface area contributed by atoms with Crippen LogP contribution in [0.3, 0.4) is 0 Å². The van der Waals surface area contributed by atoms with Gasteiger partial charge in [-0.2, -0.15) is 0 Å². The van der Waals surface area contributed by atoms with Crippen molar-refractivity contribution >= 4 is 18.0 Å². The van der Waals surface area contributed by atoms with E-state index in [1.54, 1.807) is 19.0 Å². The summed E-state index contributed by atoms with van der Waals surface area (Å²) in [5.74, 6) is -1.44. The highest BCUT2D eigenvalue weighted by molar-refractivity contribution is 5.87.